The average Bonchev–Trinajstić information content (AvgIpc) is 3.91. The van der Waals surface area contributed by atoms with Crippen molar-refractivity contribution in [2.75, 3.05) is 13.2 Å². The molecule has 6 aromatic carbocycles. The van der Waals surface area contributed by atoms with E-state index in [0.29, 0.717) is 23.1 Å². The van der Waals surface area contributed by atoms with Crippen molar-refractivity contribution in [1.82, 2.24) is 26.2 Å². The van der Waals surface area contributed by atoms with Gasteiger partial charge in [0.15, 0.2) is 0 Å². The normalized spacial score (nSPS) is 15.0. The number of nitrogens with zero attached hydrogens (tertiary/aromatic N) is 1. The predicted molar refractivity (Wildman–Crippen MR) is 278 cm³/mol. The third kappa shape index (κ3) is 12.8. The van der Waals surface area contributed by atoms with Gasteiger partial charge in [-0.05, 0) is 73.4 Å². The predicted octanol–water partition coefficient (Wildman–Crippen LogP) is 6.56. The molecule has 14 heteroatoms. The molecule has 0 spiro atoms. The van der Waals surface area contributed by atoms with Crippen molar-refractivity contribution < 1.29 is 38.6 Å². The van der Waals surface area contributed by atoms with E-state index in [-0.39, 0.29) is 32.4 Å². The smallest absolute Gasteiger partial charge is 0.326 e. The number of hydrogen-bond donors (Lipinski definition) is 6. The van der Waals surface area contributed by atoms with Crippen LogP contribution in [0.3, 0.4) is 0 Å². The van der Waals surface area contributed by atoms with E-state index in [0.717, 1.165) is 16.7 Å². The Kier molecular flexibility index (Phi) is 17.4. The molecule has 14 nitrogen and oxygen atoms in total. The van der Waals surface area contributed by atoms with Crippen molar-refractivity contribution in [3.05, 3.63) is 215 Å². The molecule has 1 aliphatic rings. The highest BCUT2D eigenvalue weighted by Gasteiger charge is 2.42. The Labute approximate surface area is 426 Å². The van der Waals surface area contributed by atoms with Gasteiger partial charge in [-0.1, -0.05) is 182 Å². The molecule has 73 heavy (non-hydrogen) atoms. The third-order valence-electron chi connectivity index (χ3n) is 13.0. The van der Waals surface area contributed by atoms with Gasteiger partial charge in [-0.3, -0.25) is 24.0 Å². The fourth-order valence-electron chi connectivity index (χ4n) is 9.49. The van der Waals surface area contributed by atoms with Crippen molar-refractivity contribution in [3.63, 3.8) is 0 Å². The van der Waals surface area contributed by atoms with Crippen LogP contribution >= 0.6 is 0 Å². The van der Waals surface area contributed by atoms with Crippen LogP contribution in [-0.2, 0) is 44.6 Å². The maximum absolute atomic E-state index is 14.8. The van der Waals surface area contributed by atoms with Crippen LogP contribution in [-0.4, -0.2) is 88.4 Å². The summed E-state index contributed by atoms with van der Waals surface area (Å²) in [5.74, 6) is -4.83. The van der Waals surface area contributed by atoms with E-state index in [1.54, 1.807) is 0 Å². The molecule has 7 rings (SSSR count). The molecule has 0 radical (unpaired) electrons. The topological polar surface area (TPSA) is 209 Å². The van der Waals surface area contributed by atoms with Gasteiger partial charge >= 0.3 is 5.97 Å². The minimum absolute atomic E-state index is 0.0925. The quantitative estimate of drug-likeness (QED) is 0.0431. The van der Waals surface area contributed by atoms with Gasteiger partial charge in [-0.25, -0.2) is 4.79 Å². The number of nitrogens with one attached hydrogen (secondary N) is 4. The highest BCUT2D eigenvalue weighted by molar-refractivity contribution is 5.97. The van der Waals surface area contributed by atoms with Gasteiger partial charge in [-0.2, -0.15) is 0 Å². The summed E-state index contributed by atoms with van der Waals surface area (Å²) in [5.41, 5.74) is 7.65. The van der Waals surface area contributed by atoms with E-state index >= 15 is 0 Å². The molecule has 4 atom stereocenters. The van der Waals surface area contributed by atoms with E-state index in [1.807, 2.05) is 203 Å². The van der Waals surface area contributed by atoms with Crippen molar-refractivity contribution in [2.24, 2.45) is 5.73 Å². The van der Waals surface area contributed by atoms with Gasteiger partial charge in [-0.15, -0.1) is 0 Å². The Morgan fingerprint density at radius 2 is 0.973 bits per heavy atom. The molecule has 1 fully saturated rings. The lowest BCUT2D eigenvalue weighted by Gasteiger charge is -2.37. The summed E-state index contributed by atoms with van der Waals surface area (Å²) in [4.78, 5) is 86.3. The van der Waals surface area contributed by atoms with E-state index in [2.05, 4.69) is 21.3 Å². The molecule has 1 saturated heterocycles. The zero-order valence-corrected chi connectivity index (χ0v) is 41.4. The number of likely N-dealkylation sites (tertiary alicyclic amines) is 1. The number of benzene rings is 6. The van der Waals surface area contributed by atoms with Gasteiger partial charge in [0.25, 0.3) is 0 Å². The highest BCUT2D eigenvalue weighted by atomic mass is 16.5. The highest BCUT2D eigenvalue weighted by Crippen LogP contribution is 2.38. The molecule has 6 aromatic rings. The van der Waals surface area contributed by atoms with E-state index in [4.69, 9.17) is 10.5 Å². The van der Waals surface area contributed by atoms with Crippen LogP contribution in [0.5, 0.6) is 0 Å². The maximum Gasteiger partial charge on any atom is 0.326 e. The van der Waals surface area contributed by atoms with Crippen LogP contribution in [0, 0.1) is 0 Å². The Morgan fingerprint density at radius 1 is 0.589 bits per heavy atom. The van der Waals surface area contributed by atoms with Gasteiger partial charge in [0.1, 0.15) is 35.2 Å². The lowest BCUT2D eigenvalue weighted by molar-refractivity contribution is -0.144. The number of rotatable bonds is 21. The monoisotopic (exact) mass is 984 g/mol. The minimum atomic E-state index is -1.65. The second-order valence-corrected chi connectivity index (χ2v) is 19.2. The van der Waals surface area contributed by atoms with Crippen LogP contribution in [0.2, 0.25) is 0 Å². The number of carboxylic acids is 1. The summed E-state index contributed by atoms with van der Waals surface area (Å²) in [6.07, 6.45) is -0.633. The number of carbonyl (C=O) groups is 6. The molecule has 0 bridgehead atoms. The number of ether oxygens (including phenoxy) is 1. The first kappa shape index (κ1) is 52.9. The summed E-state index contributed by atoms with van der Waals surface area (Å²) in [6.45, 7) is 5.62. The van der Waals surface area contributed by atoms with Crippen molar-refractivity contribution in [3.8, 4) is 0 Å². The second-order valence-electron chi connectivity index (χ2n) is 19.2. The Balaban J connectivity index is 1.17. The van der Waals surface area contributed by atoms with Crippen molar-refractivity contribution in [1.29, 1.82) is 0 Å². The van der Waals surface area contributed by atoms with Crippen LogP contribution in [0.25, 0.3) is 0 Å². The molecule has 0 aromatic heterocycles. The lowest BCUT2D eigenvalue weighted by atomic mass is 9.77. The fourth-order valence-corrected chi connectivity index (χ4v) is 9.49. The average molecular weight is 985 g/mol. The first-order valence-corrected chi connectivity index (χ1v) is 24.6. The lowest BCUT2D eigenvalue weighted by Crippen LogP contribution is -2.58. The van der Waals surface area contributed by atoms with Gasteiger partial charge in [0, 0.05) is 13.0 Å². The molecule has 7 N–H and O–H groups in total. The van der Waals surface area contributed by atoms with E-state index < -0.39 is 82.8 Å². The second kappa shape index (κ2) is 24.0. The number of aliphatic carboxylic acids is 1. The van der Waals surface area contributed by atoms with Gasteiger partial charge in [0.05, 0.1) is 18.6 Å². The van der Waals surface area contributed by atoms with Crippen LogP contribution in [0.4, 0.5) is 0 Å². The summed E-state index contributed by atoms with van der Waals surface area (Å²) in [7, 11) is 0. The molecular weight excluding hydrogens is 921 g/mol. The zero-order chi connectivity index (χ0) is 52.0. The zero-order valence-electron chi connectivity index (χ0n) is 41.4. The molecular formula is C59H64N6O8. The Bertz CT molecular complexity index is 2600. The third-order valence-corrected chi connectivity index (χ3v) is 13.0. The van der Waals surface area contributed by atoms with Crippen molar-refractivity contribution in [2.45, 2.75) is 93.7 Å². The molecule has 5 amide bonds. The molecule has 0 aliphatic carbocycles. The van der Waals surface area contributed by atoms with Gasteiger partial charge in [0.2, 0.25) is 29.5 Å². The van der Waals surface area contributed by atoms with E-state index in [1.165, 1.54) is 4.90 Å². The molecule has 0 unspecified atom stereocenters. The number of carbonyl (C=O) groups excluding carboxylic acids is 5. The minimum Gasteiger partial charge on any atom is -0.480 e. The number of amides is 5. The first-order chi connectivity index (χ1) is 35.1. The fraction of sp³-hybridized carbons (Fsp3) is 0.288. The van der Waals surface area contributed by atoms with E-state index in [9.17, 15) is 33.9 Å². The molecule has 1 heterocycles. The molecule has 378 valence electrons. The summed E-state index contributed by atoms with van der Waals surface area (Å²) in [5, 5.41) is 22.3. The number of nitrogens with two attached hydrogens (primary N) is 1. The van der Waals surface area contributed by atoms with Gasteiger partial charge < -0.3 is 41.7 Å². The van der Waals surface area contributed by atoms with Crippen LogP contribution < -0.4 is 27.0 Å². The Hall–Kier alpha value is -7.94. The number of carboxylic acid groups (broad SMARTS) is 1. The largest absolute Gasteiger partial charge is 0.480 e. The summed E-state index contributed by atoms with van der Waals surface area (Å²) in [6, 6.07) is 50.9. The van der Waals surface area contributed by atoms with Crippen LogP contribution in [0.1, 0.15) is 86.3 Å². The van der Waals surface area contributed by atoms with Crippen molar-refractivity contribution >= 4 is 35.5 Å². The Morgan fingerprint density at radius 3 is 1.34 bits per heavy atom. The number of hydrogen-bond acceptors (Lipinski definition) is 8. The molecule has 1 aliphatic heterocycles. The standard InChI is InChI=1S/C59H64N6O8/c1-57(2,3)73-40-47(60)55(70)65-38-22-35-50(65)54(69)62-49(39-52(67)64-59(44-29-16-7-17-30-44,45-31-18-8-19-32-45)46-33-20-9-21-34-46)53(68)61-48(56(71)72)36-37-51(66)63-58(41-23-10-4-11-24-41,42-25-12-5-13-26-42)43-27-14-6-15-28-43/h4-21,23-34,47-50H,22,35-40,60H2,1-3H3,(H,61,68)(H,62,69)(H,63,66)(H,64,67)(H,71,72)/t47-,48-,49-,50-/m0/s1. The summed E-state index contributed by atoms with van der Waals surface area (Å²) >= 11 is 0. The SMILES string of the molecule is CC(C)(C)OC[C@H](N)C(=O)N1CCC[C@H]1C(=O)N[C@@H](CC(=O)NC(c1ccccc1)(c1ccccc1)c1ccccc1)C(=O)N[C@@H](CCC(=O)NC(c1ccccc1)(c1ccccc1)c1ccccc1)C(=O)O. The first-order valence-electron chi connectivity index (χ1n) is 24.6. The molecule has 0 saturated carbocycles. The summed E-state index contributed by atoms with van der Waals surface area (Å²) < 4.78 is 5.77. The maximum atomic E-state index is 14.8. The van der Waals surface area contributed by atoms with Crippen LogP contribution in [0.15, 0.2) is 182 Å².